The molecule has 5 N–H and O–H groups in total. The lowest BCUT2D eigenvalue weighted by Gasteiger charge is -2.14. The molecule has 2 aromatic carbocycles. The lowest BCUT2D eigenvalue weighted by atomic mass is 10.00. The Kier molecular flexibility index (Phi) is 5.29. The zero-order valence-electron chi connectivity index (χ0n) is 14.2. The van der Waals surface area contributed by atoms with Gasteiger partial charge in [0.15, 0.2) is 5.78 Å². The molecule has 0 aliphatic rings. The summed E-state index contributed by atoms with van der Waals surface area (Å²) in [6.07, 6.45) is 0. The third kappa shape index (κ3) is 3.86. The van der Waals surface area contributed by atoms with Crippen molar-refractivity contribution in [3.63, 3.8) is 0 Å². The SMILES string of the molecule is N#Cc1c(SCC(=O)c2ccccc2)nc(N)c(N)c1-c1cccc(O)c1. The molecule has 0 saturated heterocycles. The number of aromatic nitrogens is 1. The molecule has 0 unspecified atom stereocenters. The number of hydrogen-bond acceptors (Lipinski definition) is 7. The molecule has 0 aliphatic carbocycles. The van der Waals surface area contributed by atoms with Gasteiger partial charge in [-0.3, -0.25) is 4.79 Å². The predicted molar refractivity (Wildman–Crippen MR) is 106 cm³/mol. The van der Waals surface area contributed by atoms with E-state index in [1.807, 2.05) is 6.07 Å². The topological polar surface area (TPSA) is 126 Å². The first-order valence-electron chi connectivity index (χ1n) is 8.00. The summed E-state index contributed by atoms with van der Waals surface area (Å²) in [6.45, 7) is 0. The minimum atomic E-state index is -0.0828. The van der Waals surface area contributed by atoms with Gasteiger partial charge in [-0.15, -0.1) is 0 Å². The van der Waals surface area contributed by atoms with Crippen molar-refractivity contribution in [1.82, 2.24) is 4.98 Å². The molecule has 0 bridgehead atoms. The number of pyridine rings is 1. The second-order valence-electron chi connectivity index (χ2n) is 5.71. The van der Waals surface area contributed by atoms with E-state index < -0.39 is 0 Å². The molecule has 27 heavy (non-hydrogen) atoms. The summed E-state index contributed by atoms with van der Waals surface area (Å²) >= 11 is 1.13. The highest BCUT2D eigenvalue weighted by atomic mass is 32.2. The summed E-state index contributed by atoms with van der Waals surface area (Å²) in [5.41, 5.74) is 13.9. The number of phenolic OH excluding ortho intramolecular Hbond substituents is 1. The van der Waals surface area contributed by atoms with E-state index in [0.29, 0.717) is 21.7 Å². The summed E-state index contributed by atoms with van der Waals surface area (Å²) in [7, 11) is 0. The molecular weight excluding hydrogens is 360 g/mol. The Morgan fingerprint density at radius 2 is 1.89 bits per heavy atom. The Hall–Kier alpha value is -3.50. The number of nitrogens with two attached hydrogens (primary N) is 2. The number of carbonyl (C=O) groups is 1. The second kappa shape index (κ2) is 7.81. The second-order valence-corrected chi connectivity index (χ2v) is 6.67. The van der Waals surface area contributed by atoms with Crippen LogP contribution in [-0.2, 0) is 0 Å². The lowest BCUT2D eigenvalue weighted by molar-refractivity contribution is 0.102. The third-order valence-corrected chi connectivity index (χ3v) is 4.89. The maximum absolute atomic E-state index is 12.3. The molecule has 0 atom stereocenters. The van der Waals surface area contributed by atoms with Crippen LogP contribution in [0.1, 0.15) is 15.9 Å². The molecule has 1 aromatic heterocycles. The molecule has 0 radical (unpaired) electrons. The first-order valence-corrected chi connectivity index (χ1v) is 8.99. The van der Waals surface area contributed by atoms with Crippen LogP contribution in [0.15, 0.2) is 59.6 Å². The molecule has 0 fully saturated rings. The van der Waals surface area contributed by atoms with Gasteiger partial charge < -0.3 is 16.6 Å². The van der Waals surface area contributed by atoms with Crippen LogP contribution in [0.2, 0.25) is 0 Å². The number of nitrogen functional groups attached to an aromatic ring is 2. The van der Waals surface area contributed by atoms with Gasteiger partial charge >= 0.3 is 0 Å². The Balaban J connectivity index is 1.99. The van der Waals surface area contributed by atoms with E-state index in [1.54, 1.807) is 36.4 Å². The van der Waals surface area contributed by atoms with Crippen molar-refractivity contribution in [2.45, 2.75) is 5.03 Å². The normalized spacial score (nSPS) is 10.3. The number of anilines is 2. The van der Waals surface area contributed by atoms with Gasteiger partial charge in [-0.05, 0) is 17.7 Å². The number of nitriles is 1. The number of aromatic hydroxyl groups is 1. The van der Waals surface area contributed by atoms with E-state index in [2.05, 4.69) is 11.1 Å². The molecule has 0 amide bonds. The summed E-state index contributed by atoms with van der Waals surface area (Å²) in [5, 5.41) is 19.8. The van der Waals surface area contributed by atoms with Crippen LogP contribution >= 0.6 is 11.8 Å². The summed E-state index contributed by atoms with van der Waals surface area (Å²) in [6, 6.07) is 17.4. The number of phenols is 1. The standard InChI is InChI=1S/C20H16N4O2S/c21-10-15-17(13-7-4-8-14(25)9-13)18(22)19(23)24-20(15)27-11-16(26)12-5-2-1-3-6-12/h1-9,25H,11,22H2,(H2,23,24). The van der Waals surface area contributed by atoms with Crippen LogP contribution in [0.25, 0.3) is 11.1 Å². The molecule has 134 valence electrons. The number of ketones is 1. The monoisotopic (exact) mass is 376 g/mol. The van der Waals surface area contributed by atoms with Crippen molar-refractivity contribution >= 4 is 29.1 Å². The van der Waals surface area contributed by atoms with Crippen molar-refractivity contribution in [3.8, 4) is 22.9 Å². The molecule has 7 heteroatoms. The molecular formula is C20H16N4O2S. The van der Waals surface area contributed by atoms with Gasteiger partial charge in [0, 0.05) is 11.1 Å². The number of thioether (sulfide) groups is 1. The number of carbonyl (C=O) groups excluding carboxylic acids is 1. The Bertz CT molecular complexity index is 1050. The smallest absolute Gasteiger partial charge is 0.173 e. The molecule has 3 rings (SSSR count). The first-order chi connectivity index (χ1) is 13.0. The molecule has 0 aliphatic heterocycles. The maximum atomic E-state index is 12.3. The zero-order chi connectivity index (χ0) is 19.4. The molecule has 1 heterocycles. The number of benzene rings is 2. The highest BCUT2D eigenvalue weighted by Crippen LogP contribution is 2.38. The van der Waals surface area contributed by atoms with Crippen LogP contribution in [0.3, 0.4) is 0 Å². The molecule has 3 aromatic rings. The minimum absolute atomic E-state index is 0.0413. The van der Waals surface area contributed by atoms with E-state index in [4.69, 9.17) is 11.5 Å². The first kappa shape index (κ1) is 18.3. The van der Waals surface area contributed by atoms with E-state index >= 15 is 0 Å². The van der Waals surface area contributed by atoms with Gasteiger partial charge in [-0.2, -0.15) is 5.26 Å². The van der Waals surface area contributed by atoms with Gasteiger partial charge in [0.25, 0.3) is 0 Å². The van der Waals surface area contributed by atoms with Crippen LogP contribution < -0.4 is 11.5 Å². The number of Topliss-reactive ketones (excluding diaryl/α,β-unsaturated/α-hetero) is 1. The van der Waals surface area contributed by atoms with Crippen LogP contribution in [0, 0.1) is 11.3 Å². The van der Waals surface area contributed by atoms with E-state index in [9.17, 15) is 15.2 Å². The van der Waals surface area contributed by atoms with Crippen LogP contribution in [0.5, 0.6) is 5.75 Å². The molecule has 6 nitrogen and oxygen atoms in total. The van der Waals surface area contributed by atoms with Crippen molar-refractivity contribution in [2.24, 2.45) is 0 Å². The van der Waals surface area contributed by atoms with E-state index in [1.165, 1.54) is 12.1 Å². The van der Waals surface area contributed by atoms with E-state index in [0.717, 1.165) is 11.8 Å². The molecule has 0 saturated carbocycles. The average Bonchev–Trinajstić information content (AvgIpc) is 2.68. The van der Waals surface area contributed by atoms with Crippen LogP contribution in [0.4, 0.5) is 11.5 Å². The number of hydrogen-bond donors (Lipinski definition) is 3. The summed E-state index contributed by atoms with van der Waals surface area (Å²) in [5.74, 6) is 0.136. The summed E-state index contributed by atoms with van der Waals surface area (Å²) < 4.78 is 0. The Labute approximate surface area is 160 Å². The zero-order valence-corrected chi connectivity index (χ0v) is 15.0. The van der Waals surface area contributed by atoms with Gasteiger partial charge in [0.2, 0.25) is 0 Å². The quantitative estimate of drug-likeness (QED) is 0.460. The fraction of sp³-hybridized carbons (Fsp3) is 0.0500. The van der Waals surface area contributed by atoms with Crippen molar-refractivity contribution in [1.29, 1.82) is 5.26 Å². The largest absolute Gasteiger partial charge is 0.508 e. The van der Waals surface area contributed by atoms with Gasteiger partial charge in [0.05, 0.1) is 17.0 Å². The highest BCUT2D eigenvalue weighted by Gasteiger charge is 2.20. The van der Waals surface area contributed by atoms with Gasteiger partial charge in [-0.25, -0.2) is 4.98 Å². The number of nitrogens with zero attached hydrogens (tertiary/aromatic N) is 2. The minimum Gasteiger partial charge on any atom is -0.508 e. The number of rotatable bonds is 5. The Morgan fingerprint density at radius 3 is 2.56 bits per heavy atom. The molecule has 0 spiro atoms. The van der Waals surface area contributed by atoms with Crippen molar-refractivity contribution in [2.75, 3.05) is 17.2 Å². The fourth-order valence-corrected chi connectivity index (χ4v) is 3.50. The van der Waals surface area contributed by atoms with E-state index in [-0.39, 0.29) is 34.4 Å². The lowest BCUT2D eigenvalue weighted by Crippen LogP contribution is -2.07. The predicted octanol–water partition coefficient (Wildman–Crippen LogP) is 3.47. The van der Waals surface area contributed by atoms with Crippen LogP contribution in [-0.4, -0.2) is 21.6 Å². The average molecular weight is 376 g/mol. The highest BCUT2D eigenvalue weighted by molar-refractivity contribution is 8.00. The third-order valence-electron chi connectivity index (χ3n) is 3.91. The van der Waals surface area contributed by atoms with Gasteiger partial charge in [-0.1, -0.05) is 54.2 Å². The fourth-order valence-electron chi connectivity index (χ4n) is 2.61. The maximum Gasteiger partial charge on any atom is 0.173 e. The summed E-state index contributed by atoms with van der Waals surface area (Å²) in [4.78, 5) is 16.5. The van der Waals surface area contributed by atoms with Crippen molar-refractivity contribution in [3.05, 3.63) is 65.7 Å². The Morgan fingerprint density at radius 1 is 1.15 bits per heavy atom. The van der Waals surface area contributed by atoms with Gasteiger partial charge in [0.1, 0.15) is 22.7 Å². The van der Waals surface area contributed by atoms with Crippen molar-refractivity contribution < 1.29 is 9.90 Å².